The quantitative estimate of drug-likeness (QED) is 0.671. The molecule has 180 valence electrons. The Morgan fingerprint density at radius 3 is 2.42 bits per heavy atom. The van der Waals surface area contributed by atoms with Crippen LogP contribution in [-0.2, 0) is 12.8 Å². The third kappa shape index (κ3) is 4.97. The first-order valence-corrected chi connectivity index (χ1v) is 12.3. The average molecular weight is 507 g/mol. The highest BCUT2D eigenvalue weighted by atomic mass is 35.5. The van der Waals surface area contributed by atoms with E-state index >= 15 is 0 Å². The van der Waals surface area contributed by atoms with Crippen molar-refractivity contribution in [3.8, 4) is 0 Å². The van der Waals surface area contributed by atoms with Crippen molar-refractivity contribution >= 4 is 44.3 Å². The van der Waals surface area contributed by atoms with Crippen LogP contribution < -0.4 is 10.5 Å². The number of nitrogens with zero attached hydrogens (tertiary/aromatic N) is 3. The van der Waals surface area contributed by atoms with Gasteiger partial charge in [-0.3, -0.25) is 9.69 Å². The Labute approximate surface area is 215 Å². The fourth-order valence-electron chi connectivity index (χ4n) is 6.13. The van der Waals surface area contributed by atoms with Crippen molar-refractivity contribution in [2.75, 3.05) is 31.1 Å². The van der Waals surface area contributed by atoms with Gasteiger partial charge in [-0.05, 0) is 81.0 Å². The van der Waals surface area contributed by atoms with Gasteiger partial charge in [0.1, 0.15) is 5.82 Å². The summed E-state index contributed by atoms with van der Waals surface area (Å²) in [5, 5.41) is 0.792. The maximum absolute atomic E-state index is 12.8. The fourth-order valence-corrected chi connectivity index (χ4v) is 6.26. The molecule has 0 radical (unpaired) electrons. The molecule has 2 saturated carbocycles. The van der Waals surface area contributed by atoms with Gasteiger partial charge < -0.3 is 9.88 Å². The van der Waals surface area contributed by atoms with Crippen LogP contribution in [0, 0.1) is 5.41 Å². The molecule has 3 fully saturated rings. The zero-order valence-corrected chi connectivity index (χ0v) is 21.8. The number of fused-ring (bicyclic) bond motifs is 1. The molecular formula is C25H35ClN4OS2. The molecule has 0 unspecified atom stereocenters. The Morgan fingerprint density at radius 1 is 1.00 bits per heavy atom. The molecule has 3 aliphatic carbocycles. The highest BCUT2D eigenvalue weighted by Crippen LogP contribution is 2.54. The number of aryl methyl sites for hydroxylation is 1. The second-order valence-corrected chi connectivity index (χ2v) is 10.7. The first-order chi connectivity index (χ1) is 15.1. The molecule has 33 heavy (non-hydrogen) atoms. The molecule has 0 amide bonds. The molecule has 2 atom stereocenters. The van der Waals surface area contributed by atoms with Crippen LogP contribution in [0.1, 0.15) is 61.5 Å². The molecule has 1 aromatic heterocycles. The van der Waals surface area contributed by atoms with Crippen molar-refractivity contribution < 1.29 is 0 Å². The lowest BCUT2D eigenvalue weighted by Gasteiger charge is -2.39. The number of aromatic nitrogens is 2. The lowest BCUT2D eigenvalue weighted by molar-refractivity contribution is 0.186. The lowest BCUT2D eigenvalue weighted by atomic mass is 9.84. The Balaban J connectivity index is 0.00000130. The minimum Gasteiger partial charge on any atom is -0.369 e. The van der Waals surface area contributed by atoms with E-state index in [9.17, 15) is 4.79 Å². The number of halogens is 1. The number of nitrogens with one attached hydrogen (secondary N) is 1. The third-order valence-electron chi connectivity index (χ3n) is 8.33. The van der Waals surface area contributed by atoms with Gasteiger partial charge in [-0.2, -0.15) is 27.0 Å². The third-order valence-corrected chi connectivity index (χ3v) is 8.59. The summed E-state index contributed by atoms with van der Waals surface area (Å²) in [7, 11) is 0. The first-order valence-electron chi connectivity index (χ1n) is 12.0. The Kier molecular flexibility index (Phi) is 7.44. The molecule has 1 aromatic carbocycles. The number of H-pyrrole nitrogens is 1. The van der Waals surface area contributed by atoms with Gasteiger partial charge in [0.05, 0.1) is 5.69 Å². The molecule has 4 aliphatic rings. The van der Waals surface area contributed by atoms with Crippen molar-refractivity contribution in [1.82, 2.24) is 14.9 Å². The highest BCUT2D eigenvalue weighted by molar-refractivity contribution is 7.59. The van der Waals surface area contributed by atoms with Crippen LogP contribution in [0.25, 0.3) is 0 Å². The Morgan fingerprint density at radius 2 is 1.73 bits per heavy atom. The van der Waals surface area contributed by atoms with Crippen LogP contribution in [0.5, 0.6) is 0 Å². The monoisotopic (exact) mass is 506 g/mol. The number of hydrogen-bond donors (Lipinski definition) is 1. The number of hydrogen-bond acceptors (Lipinski definition) is 4. The van der Waals surface area contributed by atoms with Gasteiger partial charge in [0.25, 0.3) is 5.56 Å². The number of aromatic amines is 1. The molecule has 6 rings (SSSR count). The van der Waals surface area contributed by atoms with E-state index in [2.05, 4.69) is 26.9 Å². The number of benzene rings is 1. The predicted molar refractivity (Wildman–Crippen MR) is 145 cm³/mol. The van der Waals surface area contributed by atoms with Gasteiger partial charge in [0.2, 0.25) is 0 Å². The van der Waals surface area contributed by atoms with E-state index in [-0.39, 0.29) is 32.6 Å². The van der Waals surface area contributed by atoms with E-state index in [0.717, 1.165) is 74.0 Å². The van der Waals surface area contributed by atoms with E-state index in [1.54, 1.807) is 0 Å². The molecule has 0 bridgehead atoms. The van der Waals surface area contributed by atoms with Gasteiger partial charge >= 0.3 is 0 Å². The van der Waals surface area contributed by atoms with E-state index in [0.29, 0.717) is 17.4 Å². The molecule has 1 spiro atoms. The maximum Gasteiger partial charge on any atom is 0.254 e. The van der Waals surface area contributed by atoms with Crippen LogP contribution in [-0.4, -0.2) is 47.1 Å². The predicted octanol–water partition coefficient (Wildman–Crippen LogP) is 4.38. The molecule has 1 aliphatic heterocycles. The smallest absolute Gasteiger partial charge is 0.254 e. The second-order valence-electron chi connectivity index (χ2n) is 10.2. The van der Waals surface area contributed by atoms with Crippen LogP contribution in [0.4, 0.5) is 5.69 Å². The summed E-state index contributed by atoms with van der Waals surface area (Å²) in [5.74, 6) is 1.35. The zero-order chi connectivity index (χ0) is 21.0. The summed E-state index contributed by atoms with van der Waals surface area (Å²) < 4.78 is 0. The summed E-state index contributed by atoms with van der Waals surface area (Å²) in [6.07, 6.45) is 9.22. The van der Waals surface area contributed by atoms with Crippen molar-refractivity contribution in [3.63, 3.8) is 0 Å². The van der Waals surface area contributed by atoms with Crippen molar-refractivity contribution in [2.45, 2.75) is 63.3 Å². The van der Waals surface area contributed by atoms with Crippen LogP contribution in [0.15, 0.2) is 29.1 Å². The molecule has 2 heterocycles. The van der Waals surface area contributed by atoms with E-state index in [4.69, 9.17) is 16.6 Å². The van der Waals surface area contributed by atoms with E-state index in [1.807, 2.05) is 12.1 Å². The van der Waals surface area contributed by atoms with E-state index in [1.165, 1.54) is 31.4 Å². The Hall–Kier alpha value is -1.15. The first kappa shape index (κ1) is 25.0. The summed E-state index contributed by atoms with van der Waals surface area (Å²) in [5.41, 5.74) is 3.94. The van der Waals surface area contributed by atoms with Crippen molar-refractivity contribution in [3.05, 3.63) is 56.7 Å². The number of rotatable bonds is 3. The molecular weight excluding hydrogens is 472 g/mol. The minimum absolute atomic E-state index is 0. The summed E-state index contributed by atoms with van der Waals surface area (Å²) >= 11 is 6.03. The fraction of sp³-hybridized carbons (Fsp3) is 0.600. The molecule has 8 heteroatoms. The second kappa shape index (κ2) is 9.84. The van der Waals surface area contributed by atoms with Crippen LogP contribution in [0.3, 0.4) is 0 Å². The summed E-state index contributed by atoms with van der Waals surface area (Å²) in [4.78, 5) is 26.1. The van der Waals surface area contributed by atoms with Gasteiger partial charge in [0.15, 0.2) is 0 Å². The Bertz CT molecular complexity index is 1030. The van der Waals surface area contributed by atoms with Crippen LogP contribution in [0.2, 0.25) is 5.02 Å². The molecule has 2 aromatic rings. The van der Waals surface area contributed by atoms with Gasteiger partial charge in [-0.1, -0.05) is 11.6 Å². The van der Waals surface area contributed by atoms with Gasteiger partial charge in [-0.25, -0.2) is 4.98 Å². The zero-order valence-electron chi connectivity index (χ0n) is 19.1. The topological polar surface area (TPSA) is 52.2 Å². The maximum atomic E-state index is 12.8. The standard InChI is InChI=1S/C25H31ClN4O.2H2S/c26-18-2-5-19(6-3-18)29-11-13-30(14-12-29)20-4-1-17(15-20)23-27-22-7-8-25(9-10-25)16-21(22)24(31)28-23;;/h2-3,5-6,17,20H,1,4,7-16H2,(H,27,28,31);2*1H2/t17-,20-;;/m0../s1. The van der Waals surface area contributed by atoms with Crippen molar-refractivity contribution in [1.29, 1.82) is 0 Å². The summed E-state index contributed by atoms with van der Waals surface area (Å²) in [6.45, 7) is 4.30. The molecule has 1 saturated heterocycles. The average Bonchev–Trinajstić information content (AvgIpc) is 3.35. The molecule has 1 N–H and O–H groups in total. The lowest BCUT2D eigenvalue weighted by Crippen LogP contribution is -2.49. The minimum atomic E-state index is 0. The summed E-state index contributed by atoms with van der Waals surface area (Å²) in [6, 6.07) is 8.79. The number of piperazine rings is 1. The largest absolute Gasteiger partial charge is 0.369 e. The SMILES string of the molecule is O=c1[nH]c([C@H]2CC[C@H](N3CCN(c4ccc(Cl)cc4)CC3)C2)nc2c1CC1(CC2)CC1.S.S. The highest BCUT2D eigenvalue weighted by Gasteiger charge is 2.46. The number of anilines is 1. The normalized spacial score (nSPS) is 25.8. The van der Waals surface area contributed by atoms with E-state index < -0.39 is 0 Å². The van der Waals surface area contributed by atoms with Crippen LogP contribution >= 0.6 is 38.6 Å². The van der Waals surface area contributed by atoms with Gasteiger partial charge in [-0.15, -0.1) is 0 Å². The molecule has 5 nitrogen and oxygen atoms in total. The van der Waals surface area contributed by atoms with Gasteiger partial charge in [0, 0.05) is 54.4 Å². The van der Waals surface area contributed by atoms with Crippen molar-refractivity contribution in [2.24, 2.45) is 5.41 Å².